The molecule has 0 saturated heterocycles. The molecule has 0 aliphatic heterocycles. The second-order valence-corrected chi connectivity index (χ2v) is 2.43. The third-order valence-electron chi connectivity index (χ3n) is 0.453. The SMILES string of the molecule is N#C[S-].NCCN.NCCN.[N-]=[N+]=[N][Co+][N]=[N+]=[N-]. The summed E-state index contributed by atoms with van der Waals surface area (Å²) < 4.78 is 5.78. The fraction of sp³-hybridized carbons (Fsp3) is 0.800. The zero-order valence-corrected chi connectivity index (χ0v) is 11.4. The van der Waals surface area contributed by atoms with Crippen molar-refractivity contribution >= 4 is 12.6 Å². The molecular weight excluding hydrogens is 305 g/mol. The number of rotatable bonds is 4. The van der Waals surface area contributed by atoms with Gasteiger partial charge in [0.15, 0.2) is 0 Å². The molecule has 0 spiro atoms. The summed E-state index contributed by atoms with van der Waals surface area (Å²) in [6.07, 6.45) is 0. The van der Waals surface area contributed by atoms with Crippen molar-refractivity contribution in [3.8, 4) is 5.40 Å². The number of hydrogen-bond acceptors (Lipinski definition) is 8. The predicted molar refractivity (Wildman–Crippen MR) is 67.5 cm³/mol. The van der Waals surface area contributed by atoms with Gasteiger partial charge in [0.05, 0.1) is 0 Å². The fourth-order valence-corrected chi connectivity index (χ4v) is 0.165. The van der Waals surface area contributed by atoms with E-state index in [9.17, 15) is 0 Å². The van der Waals surface area contributed by atoms with Gasteiger partial charge in [-0.3, -0.25) is 0 Å². The molecule has 0 radical (unpaired) electrons. The standard InChI is InChI=1S/2C2H8N2.CHNS.Co.2N3/c2*3-1-2-4;2-1-3;;2*1-3-2/h2*1-4H2;3H;;;/q;;;+3;2*-1/p-1. The van der Waals surface area contributed by atoms with Crippen LogP contribution >= 0.6 is 0 Å². The summed E-state index contributed by atoms with van der Waals surface area (Å²) in [5.41, 5.74) is 34.7. The van der Waals surface area contributed by atoms with Crippen LogP contribution in [0.4, 0.5) is 0 Å². The summed E-state index contributed by atoms with van der Waals surface area (Å²) in [6.45, 7) is 2.39. The molecule has 0 atom stereocenters. The van der Waals surface area contributed by atoms with Crippen LogP contribution in [-0.4, -0.2) is 26.2 Å². The Hall–Kier alpha value is -1.32. The van der Waals surface area contributed by atoms with Crippen LogP contribution in [0.1, 0.15) is 0 Å². The maximum absolute atomic E-state index is 7.56. The Labute approximate surface area is 117 Å². The quantitative estimate of drug-likeness (QED) is 0.172. The van der Waals surface area contributed by atoms with Gasteiger partial charge >= 0.3 is 44.3 Å². The molecule has 0 aliphatic carbocycles. The van der Waals surface area contributed by atoms with E-state index < -0.39 is 0 Å². The Morgan fingerprint density at radius 2 is 1.22 bits per heavy atom. The molecule has 0 fully saturated rings. The minimum atomic E-state index is 0.0851. The van der Waals surface area contributed by atoms with Crippen LogP contribution in [0.3, 0.4) is 0 Å². The molecule has 11 nitrogen and oxygen atoms in total. The number of thiocyanates is 1. The molecule has 0 amide bonds. The van der Waals surface area contributed by atoms with Gasteiger partial charge in [-0.25, -0.2) is 5.26 Å². The number of hydrogen-bond donors (Lipinski definition) is 4. The van der Waals surface area contributed by atoms with E-state index in [1.54, 1.807) is 0 Å². The van der Waals surface area contributed by atoms with Gasteiger partial charge in [-0.05, 0) is 0 Å². The van der Waals surface area contributed by atoms with E-state index in [0.717, 1.165) is 0 Å². The van der Waals surface area contributed by atoms with Crippen molar-refractivity contribution in [3.63, 3.8) is 0 Å². The number of nitrogens with two attached hydrogens (primary N) is 4. The third kappa shape index (κ3) is 126. The van der Waals surface area contributed by atoms with Crippen molar-refractivity contribution < 1.29 is 15.1 Å². The summed E-state index contributed by atoms with van der Waals surface area (Å²) in [6, 6.07) is 0. The summed E-state index contributed by atoms with van der Waals surface area (Å²) in [7, 11) is 0. The molecule has 13 heteroatoms. The van der Waals surface area contributed by atoms with Gasteiger partial charge in [-0.2, -0.15) is 0 Å². The van der Waals surface area contributed by atoms with Gasteiger partial charge in [0.2, 0.25) is 0 Å². The average Bonchev–Trinajstić information content (AvgIpc) is 2.41. The van der Waals surface area contributed by atoms with E-state index in [-0.39, 0.29) is 15.1 Å². The first kappa shape index (κ1) is 25.5. The monoisotopic (exact) mass is 321 g/mol. The van der Waals surface area contributed by atoms with E-state index >= 15 is 0 Å². The van der Waals surface area contributed by atoms with Gasteiger partial charge in [0.25, 0.3) is 0 Å². The summed E-state index contributed by atoms with van der Waals surface area (Å²) in [5.74, 6) is 0. The Morgan fingerprint density at radius 1 is 1.00 bits per heavy atom. The number of nitriles is 1. The third-order valence-corrected chi connectivity index (χ3v) is 0.825. The van der Waals surface area contributed by atoms with Crippen molar-refractivity contribution in [2.24, 2.45) is 31.3 Å². The molecule has 18 heavy (non-hydrogen) atoms. The van der Waals surface area contributed by atoms with Crippen molar-refractivity contribution in [2.75, 3.05) is 26.2 Å². The average molecular weight is 321 g/mol. The molecule has 0 heterocycles. The van der Waals surface area contributed by atoms with Gasteiger partial charge in [-0.1, -0.05) is 5.40 Å². The van der Waals surface area contributed by atoms with Crippen molar-refractivity contribution in [2.45, 2.75) is 0 Å². The molecule has 0 unspecified atom stereocenters. The first-order chi connectivity index (χ1) is 8.66. The minimum absolute atomic E-state index is 0.0851. The molecular formula is C5H16CoN11S. The van der Waals surface area contributed by atoms with Gasteiger partial charge in [0.1, 0.15) is 0 Å². The van der Waals surface area contributed by atoms with E-state index in [1.807, 2.05) is 0 Å². The second kappa shape index (κ2) is 44.9. The van der Waals surface area contributed by atoms with Crippen LogP contribution in [0.15, 0.2) is 8.33 Å². The van der Waals surface area contributed by atoms with Crippen molar-refractivity contribution in [1.29, 1.82) is 5.26 Å². The van der Waals surface area contributed by atoms with Crippen LogP contribution in [0.25, 0.3) is 20.9 Å². The van der Waals surface area contributed by atoms with E-state index in [4.69, 9.17) is 39.3 Å². The molecule has 0 aromatic heterocycles. The molecule has 0 aromatic carbocycles. The van der Waals surface area contributed by atoms with Crippen molar-refractivity contribution in [1.82, 2.24) is 0 Å². The second-order valence-electron chi connectivity index (χ2n) is 1.62. The summed E-state index contributed by atoms with van der Waals surface area (Å²) >= 11 is 3.78. The predicted octanol–water partition coefficient (Wildman–Crippen LogP) is -0.659. The van der Waals surface area contributed by atoms with Crippen LogP contribution in [0.5, 0.6) is 0 Å². The van der Waals surface area contributed by atoms with Crippen LogP contribution in [-0.2, 0) is 27.8 Å². The summed E-state index contributed by atoms with van der Waals surface area (Å²) in [5, 5.41) is 8.47. The number of nitrogens with zero attached hydrogens (tertiary/aromatic N) is 7. The first-order valence-corrected chi connectivity index (χ1v) is 5.50. The Kier molecular flexibility index (Phi) is 63.6. The molecule has 0 rings (SSSR count). The molecule has 0 aromatic rings. The Balaban J connectivity index is -0.0000000775. The zero-order valence-electron chi connectivity index (χ0n) is 9.51. The Bertz CT molecular complexity index is 229. The molecule has 0 saturated carbocycles. The normalized spacial score (nSPS) is 6.17. The van der Waals surface area contributed by atoms with E-state index in [0.29, 0.717) is 26.2 Å². The fourth-order valence-electron chi connectivity index (χ4n) is 0.0400. The Morgan fingerprint density at radius 3 is 1.33 bits per heavy atom. The van der Waals surface area contributed by atoms with Crippen LogP contribution in [0.2, 0.25) is 0 Å². The van der Waals surface area contributed by atoms with E-state index in [1.165, 1.54) is 5.40 Å². The van der Waals surface area contributed by atoms with Crippen LogP contribution < -0.4 is 22.9 Å². The van der Waals surface area contributed by atoms with E-state index in [2.05, 4.69) is 30.8 Å². The molecule has 106 valence electrons. The molecule has 0 aliphatic rings. The molecule has 0 bridgehead atoms. The first-order valence-electron chi connectivity index (χ1n) is 4.16. The van der Waals surface area contributed by atoms with Crippen molar-refractivity contribution in [3.05, 3.63) is 20.9 Å². The topological polar surface area (TPSA) is 225 Å². The van der Waals surface area contributed by atoms with Gasteiger partial charge < -0.3 is 35.6 Å². The zero-order chi connectivity index (χ0) is 15.1. The van der Waals surface area contributed by atoms with Gasteiger partial charge in [0, 0.05) is 26.2 Å². The number of azide groups is 1. The maximum atomic E-state index is 7.56. The van der Waals surface area contributed by atoms with Gasteiger partial charge in [-0.15, -0.1) is 0 Å². The molecule has 8 N–H and O–H groups in total. The summed E-state index contributed by atoms with van der Waals surface area (Å²) in [4.78, 5) is 4.64. The van der Waals surface area contributed by atoms with Crippen LogP contribution in [0, 0.1) is 10.7 Å².